The summed E-state index contributed by atoms with van der Waals surface area (Å²) in [6, 6.07) is 5.72. The van der Waals surface area contributed by atoms with Gasteiger partial charge in [-0.3, -0.25) is 0 Å². The highest BCUT2D eigenvalue weighted by atomic mass is 35.5. The third kappa shape index (κ3) is 1.87. The minimum atomic E-state index is 0.0377. The van der Waals surface area contributed by atoms with Gasteiger partial charge in [0, 0.05) is 17.8 Å². The summed E-state index contributed by atoms with van der Waals surface area (Å²) in [6.45, 7) is 0.613. The van der Waals surface area contributed by atoms with E-state index in [-0.39, 0.29) is 5.41 Å². The Kier molecular flexibility index (Phi) is 3.18. The maximum atomic E-state index is 5.99. The zero-order valence-electron chi connectivity index (χ0n) is 8.14. The minimum absolute atomic E-state index is 0.0377. The summed E-state index contributed by atoms with van der Waals surface area (Å²) >= 11 is 17.7. The number of nitrogens with two attached hydrogens (primary N) is 1. The van der Waals surface area contributed by atoms with Crippen LogP contribution in [0.2, 0.25) is 10.0 Å². The van der Waals surface area contributed by atoms with E-state index in [2.05, 4.69) is 0 Å². The molecule has 0 saturated heterocycles. The zero-order chi connectivity index (χ0) is 11.1. The Morgan fingerprint density at radius 3 is 2.53 bits per heavy atom. The smallest absolute Gasteiger partial charge is 0.0595 e. The molecule has 1 aromatic rings. The molecule has 0 unspecified atom stereocenters. The van der Waals surface area contributed by atoms with Gasteiger partial charge in [0.1, 0.15) is 0 Å². The van der Waals surface area contributed by atoms with Gasteiger partial charge in [-0.25, -0.2) is 0 Å². The molecule has 1 aliphatic rings. The highest BCUT2D eigenvalue weighted by Crippen LogP contribution is 2.54. The largest absolute Gasteiger partial charge is 0.330 e. The number of hydrogen-bond acceptors (Lipinski definition) is 1. The van der Waals surface area contributed by atoms with Crippen molar-refractivity contribution in [2.45, 2.75) is 11.8 Å². The van der Waals surface area contributed by atoms with E-state index in [4.69, 9.17) is 40.5 Å². The molecule has 15 heavy (non-hydrogen) atoms. The Morgan fingerprint density at radius 1 is 1.33 bits per heavy atom. The summed E-state index contributed by atoms with van der Waals surface area (Å²) in [5, 5.41) is 1.16. The maximum Gasteiger partial charge on any atom is 0.0595 e. The minimum Gasteiger partial charge on any atom is -0.330 e. The number of halogens is 3. The monoisotopic (exact) mass is 263 g/mol. The van der Waals surface area contributed by atoms with Gasteiger partial charge in [0.2, 0.25) is 0 Å². The normalized spacial score (nSPS) is 29.2. The van der Waals surface area contributed by atoms with E-state index < -0.39 is 0 Å². The van der Waals surface area contributed by atoms with E-state index in [0.717, 1.165) is 12.0 Å². The molecule has 1 aromatic carbocycles. The second-order valence-electron chi connectivity index (χ2n) is 4.04. The first-order valence-electron chi connectivity index (χ1n) is 4.85. The molecule has 2 atom stereocenters. The molecule has 4 heteroatoms. The van der Waals surface area contributed by atoms with Gasteiger partial charge in [-0.05, 0) is 30.0 Å². The van der Waals surface area contributed by atoms with Gasteiger partial charge in [-0.2, -0.15) is 0 Å². The Hall–Kier alpha value is 0.0500. The first-order valence-corrected chi connectivity index (χ1v) is 6.14. The molecule has 0 bridgehead atoms. The molecule has 1 fully saturated rings. The molecule has 1 saturated carbocycles. The average molecular weight is 265 g/mol. The lowest BCUT2D eigenvalue weighted by Crippen LogP contribution is -2.22. The number of hydrogen-bond donors (Lipinski definition) is 1. The van der Waals surface area contributed by atoms with Crippen molar-refractivity contribution in [2.75, 3.05) is 12.4 Å². The van der Waals surface area contributed by atoms with Crippen LogP contribution in [0.1, 0.15) is 12.0 Å². The van der Waals surface area contributed by atoms with Crippen LogP contribution in [0.25, 0.3) is 0 Å². The summed E-state index contributed by atoms with van der Waals surface area (Å²) in [5.41, 5.74) is 7.02. The molecular formula is C11H12Cl3N. The molecular weight excluding hydrogens is 252 g/mol. The number of benzene rings is 1. The third-order valence-electron chi connectivity index (χ3n) is 3.28. The van der Waals surface area contributed by atoms with E-state index >= 15 is 0 Å². The molecule has 0 aliphatic heterocycles. The van der Waals surface area contributed by atoms with Crippen LogP contribution in [0.15, 0.2) is 18.2 Å². The summed E-state index contributed by atoms with van der Waals surface area (Å²) < 4.78 is 0. The quantitative estimate of drug-likeness (QED) is 0.832. The van der Waals surface area contributed by atoms with Gasteiger partial charge < -0.3 is 5.73 Å². The molecule has 82 valence electrons. The fourth-order valence-corrected chi connectivity index (χ4v) is 2.81. The van der Waals surface area contributed by atoms with Crippen molar-refractivity contribution in [2.24, 2.45) is 11.7 Å². The van der Waals surface area contributed by atoms with Crippen molar-refractivity contribution in [1.29, 1.82) is 0 Å². The van der Waals surface area contributed by atoms with E-state index in [1.54, 1.807) is 0 Å². The molecule has 1 nitrogen and oxygen atoms in total. The highest BCUT2D eigenvalue weighted by Gasteiger charge is 2.53. The van der Waals surface area contributed by atoms with E-state index in [1.807, 2.05) is 18.2 Å². The van der Waals surface area contributed by atoms with Gasteiger partial charge in [0.15, 0.2) is 0 Å². The first-order chi connectivity index (χ1) is 7.14. The zero-order valence-corrected chi connectivity index (χ0v) is 10.4. The van der Waals surface area contributed by atoms with Crippen molar-refractivity contribution in [3.05, 3.63) is 33.8 Å². The van der Waals surface area contributed by atoms with Gasteiger partial charge >= 0.3 is 0 Å². The first kappa shape index (κ1) is 11.5. The summed E-state index contributed by atoms with van der Waals surface area (Å²) in [4.78, 5) is 0. The molecule has 0 amide bonds. The second-order valence-corrected chi connectivity index (χ2v) is 5.17. The standard InChI is InChI=1S/C11H12Cl3N/c12-5-8-4-11(8,6-15)7-1-2-9(13)10(14)3-7/h1-3,8H,4-6,15H2/t8-,11-/m0/s1. The Morgan fingerprint density at radius 2 is 2.07 bits per heavy atom. The van der Waals surface area contributed by atoms with E-state index in [9.17, 15) is 0 Å². The summed E-state index contributed by atoms with van der Waals surface area (Å²) in [7, 11) is 0. The number of rotatable bonds is 3. The van der Waals surface area contributed by atoms with E-state index in [0.29, 0.717) is 28.4 Å². The van der Waals surface area contributed by atoms with Crippen molar-refractivity contribution >= 4 is 34.8 Å². The lowest BCUT2D eigenvalue weighted by atomic mass is 9.94. The lowest BCUT2D eigenvalue weighted by molar-refractivity contribution is 0.644. The predicted octanol–water partition coefficient (Wildman–Crippen LogP) is 3.45. The van der Waals surface area contributed by atoms with Crippen LogP contribution in [0.4, 0.5) is 0 Å². The fourth-order valence-electron chi connectivity index (χ4n) is 2.11. The van der Waals surface area contributed by atoms with Gasteiger partial charge in [-0.15, -0.1) is 11.6 Å². The molecule has 1 aliphatic carbocycles. The average Bonchev–Trinajstić information content (AvgIpc) is 2.97. The summed E-state index contributed by atoms with van der Waals surface area (Å²) in [5.74, 6) is 1.12. The Bertz CT molecular complexity index is 380. The highest BCUT2D eigenvalue weighted by molar-refractivity contribution is 6.42. The molecule has 0 aromatic heterocycles. The summed E-state index contributed by atoms with van der Waals surface area (Å²) in [6.07, 6.45) is 1.05. The third-order valence-corrected chi connectivity index (χ3v) is 4.39. The SMILES string of the molecule is NC[C@]1(c2ccc(Cl)c(Cl)c2)C[C@H]1CCl. The molecule has 2 rings (SSSR count). The van der Waals surface area contributed by atoms with Crippen molar-refractivity contribution in [3.63, 3.8) is 0 Å². The van der Waals surface area contributed by atoms with Crippen LogP contribution in [0.3, 0.4) is 0 Å². The van der Waals surface area contributed by atoms with Crippen LogP contribution in [0.5, 0.6) is 0 Å². The lowest BCUT2D eigenvalue weighted by Gasteiger charge is -2.15. The van der Waals surface area contributed by atoms with Crippen molar-refractivity contribution < 1.29 is 0 Å². The molecule has 0 heterocycles. The van der Waals surface area contributed by atoms with Gasteiger partial charge in [0.05, 0.1) is 10.0 Å². The molecule has 2 N–H and O–H groups in total. The van der Waals surface area contributed by atoms with Crippen molar-refractivity contribution in [1.82, 2.24) is 0 Å². The topological polar surface area (TPSA) is 26.0 Å². The van der Waals surface area contributed by atoms with E-state index in [1.165, 1.54) is 0 Å². The van der Waals surface area contributed by atoms with Crippen LogP contribution < -0.4 is 5.73 Å². The van der Waals surface area contributed by atoms with Crippen LogP contribution in [-0.4, -0.2) is 12.4 Å². The maximum absolute atomic E-state index is 5.99. The Labute approximate surface area is 104 Å². The molecule has 0 radical (unpaired) electrons. The predicted molar refractivity (Wildman–Crippen MR) is 66.0 cm³/mol. The van der Waals surface area contributed by atoms with Crippen LogP contribution >= 0.6 is 34.8 Å². The second kappa shape index (κ2) is 4.14. The van der Waals surface area contributed by atoms with Crippen molar-refractivity contribution in [3.8, 4) is 0 Å². The van der Waals surface area contributed by atoms with Gasteiger partial charge in [-0.1, -0.05) is 29.3 Å². The number of alkyl halides is 1. The Balaban J connectivity index is 2.33. The van der Waals surface area contributed by atoms with Crippen LogP contribution in [0, 0.1) is 5.92 Å². The van der Waals surface area contributed by atoms with Crippen LogP contribution in [-0.2, 0) is 5.41 Å². The molecule has 0 spiro atoms. The van der Waals surface area contributed by atoms with Gasteiger partial charge in [0.25, 0.3) is 0 Å². The fraction of sp³-hybridized carbons (Fsp3) is 0.455.